The van der Waals surface area contributed by atoms with E-state index in [1.54, 1.807) is 12.3 Å². The van der Waals surface area contributed by atoms with E-state index in [4.69, 9.17) is 11.5 Å². The Bertz CT molecular complexity index is 403. The molecule has 1 aliphatic heterocycles. The number of anilines is 2. The van der Waals surface area contributed by atoms with Crippen molar-refractivity contribution in [3.05, 3.63) is 18.3 Å². The van der Waals surface area contributed by atoms with Crippen LogP contribution in [0.5, 0.6) is 0 Å². The highest BCUT2D eigenvalue weighted by atomic mass is 16.1. The van der Waals surface area contributed by atoms with Gasteiger partial charge >= 0.3 is 0 Å². The van der Waals surface area contributed by atoms with E-state index in [1.165, 1.54) is 0 Å². The van der Waals surface area contributed by atoms with Crippen LogP contribution in [0.4, 0.5) is 11.5 Å². The molecule has 1 amide bonds. The molecule has 0 radical (unpaired) electrons. The summed E-state index contributed by atoms with van der Waals surface area (Å²) >= 11 is 0. The lowest BCUT2D eigenvalue weighted by Crippen LogP contribution is -2.45. The summed E-state index contributed by atoms with van der Waals surface area (Å²) in [6, 6.07) is 4.11. The Hall–Kier alpha value is -1.78. The van der Waals surface area contributed by atoms with Crippen LogP contribution in [0.1, 0.15) is 19.8 Å². The molecule has 5 nitrogen and oxygen atoms in total. The highest BCUT2D eigenvalue weighted by molar-refractivity contribution is 5.77. The zero-order chi connectivity index (χ0) is 12.4. The number of rotatable bonds is 2. The summed E-state index contributed by atoms with van der Waals surface area (Å²) in [5, 5.41) is 0. The molecule has 0 bridgehead atoms. The van der Waals surface area contributed by atoms with Crippen LogP contribution < -0.4 is 16.4 Å². The van der Waals surface area contributed by atoms with Gasteiger partial charge in [-0.25, -0.2) is 4.98 Å². The van der Waals surface area contributed by atoms with Gasteiger partial charge in [0.25, 0.3) is 0 Å². The number of aromatic nitrogens is 1. The Morgan fingerprint density at radius 1 is 1.47 bits per heavy atom. The van der Waals surface area contributed by atoms with Crippen LogP contribution in [0.3, 0.4) is 0 Å². The molecule has 2 rings (SSSR count). The standard InChI is InChI=1S/C12H18N4O/c1-8-2-3-9(12(14)17)7-16(8)10-4-5-11(13)15-6-10/h4-6,8-9H,2-3,7H2,1H3,(H2,13,15)(H2,14,17). The summed E-state index contributed by atoms with van der Waals surface area (Å²) in [5.41, 5.74) is 11.9. The molecule has 2 heterocycles. The maximum Gasteiger partial charge on any atom is 0.222 e. The molecule has 1 aromatic heterocycles. The lowest BCUT2D eigenvalue weighted by molar-refractivity contribution is -0.122. The quantitative estimate of drug-likeness (QED) is 0.791. The Morgan fingerprint density at radius 2 is 2.24 bits per heavy atom. The molecule has 0 saturated carbocycles. The van der Waals surface area contributed by atoms with Crippen LogP contribution >= 0.6 is 0 Å². The first-order valence-corrected chi connectivity index (χ1v) is 5.85. The predicted octanol–water partition coefficient (Wildman–Crippen LogP) is 0.754. The third kappa shape index (κ3) is 2.49. The van der Waals surface area contributed by atoms with Gasteiger partial charge in [0, 0.05) is 12.6 Å². The van der Waals surface area contributed by atoms with Gasteiger partial charge in [-0.15, -0.1) is 0 Å². The number of amides is 1. The summed E-state index contributed by atoms with van der Waals surface area (Å²) in [6.45, 7) is 2.82. The van der Waals surface area contributed by atoms with Crippen LogP contribution in [-0.2, 0) is 4.79 Å². The molecule has 17 heavy (non-hydrogen) atoms. The fourth-order valence-corrected chi connectivity index (χ4v) is 2.27. The average molecular weight is 234 g/mol. The van der Waals surface area contributed by atoms with Crippen LogP contribution in [0.25, 0.3) is 0 Å². The molecular weight excluding hydrogens is 216 g/mol. The number of hydrogen-bond acceptors (Lipinski definition) is 4. The number of primary amides is 1. The molecule has 4 N–H and O–H groups in total. The van der Waals surface area contributed by atoms with Crippen LogP contribution in [0, 0.1) is 5.92 Å². The zero-order valence-electron chi connectivity index (χ0n) is 9.97. The molecule has 1 saturated heterocycles. The van der Waals surface area contributed by atoms with Crippen molar-refractivity contribution >= 4 is 17.4 Å². The van der Waals surface area contributed by atoms with Crippen molar-refractivity contribution in [1.82, 2.24) is 4.98 Å². The molecule has 1 fully saturated rings. The van der Waals surface area contributed by atoms with Crippen LogP contribution in [0.15, 0.2) is 18.3 Å². The second kappa shape index (κ2) is 4.61. The summed E-state index contributed by atoms with van der Waals surface area (Å²) in [6.07, 6.45) is 3.59. The summed E-state index contributed by atoms with van der Waals surface area (Å²) in [4.78, 5) is 17.5. The number of hydrogen-bond donors (Lipinski definition) is 2. The maximum absolute atomic E-state index is 11.3. The van der Waals surface area contributed by atoms with E-state index in [-0.39, 0.29) is 11.8 Å². The first kappa shape index (κ1) is 11.7. The molecule has 5 heteroatoms. The van der Waals surface area contributed by atoms with Crippen molar-refractivity contribution in [2.75, 3.05) is 17.2 Å². The third-order valence-electron chi connectivity index (χ3n) is 3.39. The highest BCUT2D eigenvalue weighted by Gasteiger charge is 2.28. The normalized spacial score (nSPS) is 24.6. The van der Waals surface area contributed by atoms with Crippen molar-refractivity contribution in [2.24, 2.45) is 11.7 Å². The fourth-order valence-electron chi connectivity index (χ4n) is 2.27. The van der Waals surface area contributed by atoms with Gasteiger partial charge in [-0.2, -0.15) is 0 Å². The minimum absolute atomic E-state index is 0.0660. The number of carbonyl (C=O) groups is 1. The van der Waals surface area contributed by atoms with E-state index in [0.717, 1.165) is 18.5 Å². The molecule has 1 aromatic rings. The summed E-state index contributed by atoms with van der Waals surface area (Å²) in [5.74, 6) is 0.221. The minimum Gasteiger partial charge on any atom is -0.384 e. The monoisotopic (exact) mass is 234 g/mol. The van der Waals surface area contributed by atoms with Gasteiger partial charge in [0.1, 0.15) is 5.82 Å². The highest BCUT2D eigenvalue weighted by Crippen LogP contribution is 2.27. The Balaban J connectivity index is 2.17. The van der Waals surface area contributed by atoms with Crippen molar-refractivity contribution in [1.29, 1.82) is 0 Å². The minimum atomic E-state index is -0.217. The van der Waals surface area contributed by atoms with Gasteiger partial charge in [-0.1, -0.05) is 0 Å². The Kier molecular flexibility index (Phi) is 3.17. The van der Waals surface area contributed by atoms with Crippen molar-refractivity contribution in [2.45, 2.75) is 25.8 Å². The molecule has 2 atom stereocenters. The number of piperidine rings is 1. The second-order valence-electron chi connectivity index (χ2n) is 4.62. The van der Waals surface area contributed by atoms with Crippen molar-refractivity contribution < 1.29 is 4.79 Å². The van der Waals surface area contributed by atoms with E-state index in [1.807, 2.05) is 6.07 Å². The molecule has 0 spiro atoms. The SMILES string of the molecule is CC1CCC(C(N)=O)CN1c1ccc(N)nc1. The third-order valence-corrected chi connectivity index (χ3v) is 3.39. The summed E-state index contributed by atoms with van der Waals surface area (Å²) in [7, 11) is 0. The van der Waals surface area contributed by atoms with E-state index < -0.39 is 0 Å². The Labute approximate surface area is 101 Å². The lowest BCUT2D eigenvalue weighted by Gasteiger charge is -2.38. The molecule has 0 aromatic carbocycles. The zero-order valence-corrected chi connectivity index (χ0v) is 9.97. The number of nitrogen functional groups attached to an aromatic ring is 1. The predicted molar refractivity (Wildman–Crippen MR) is 67.4 cm³/mol. The van der Waals surface area contributed by atoms with Gasteiger partial charge in [0.15, 0.2) is 0 Å². The smallest absolute Gasteiger partial charge is 0.222 e. The van der Waals surface area contributed by atoms with Gasteiger partial charge in [-0.05, 0) is 31.9 Å². The number of pyridine rings is 1. The fraction of sp³-hybridized carbons (Fsp3) is 0.500. The summed E-state index contributed by atoms with van der Waals surface area (Å²) < 4.78 is 0. The van der Waals surface area contributed by atoms with Gasteiger partial charge < -0.3 is 16.4 Å². The van der Waals surface area contributed by atoms with Gasteiger partial charge in [0.05, 0.1) is 17.8 Å². The Morgan fingerprint density at radius 3 is 2.82 bits per heavy atom. The molecule has 0 aliphatic carbocycles. The molecule has 92 valence electrons. The number of nitrogens with two attached hydrogens (primary N) is 2. The van der Waals surface area contributed by atoms with E-state index in [0.29, 0.717) is 18.4 Å². The van der Waals surface area contributed by atoms with E-state index in [2.05, 4.69) is 16.8 Å². The number of nitrogens with zero attached hydrogens (tertiary/aromatic N) is 2. The first-order chi connectivity index (χ1) is 8.08. The second-order valence-corrected chi connectivity index (χ2v) is 4.62. The van der Waals surface area contributed by atoms with Gasteiger partial charge in [-0.3, -0.25) is 4.79 Å². The van der Waals surface area contributed by atoms with E-state index in [9.17, 15) is 4.79 Å². The molecule has 2 unspecified atom stereocenters. The first-order valence-electron chi connectivity index (χ1n) is 5.85. The van der Waals surface area contributed by atoms with Gasteiger partial charge in [0.2, 0.25) is 5.91 Å². The average Bonchev–Trinajstić information content (AvgIpc) is 2.31. The molecule has 1 aliphatic rings. The molecular formula is C12H18N4O. The van der Waals surface area contributed by atoms with Crippen molar-refractivity contribution in [3.8, 4) is 0 Å². The van der Waals surface area contributed by atoms with Crippen LogP contribution in [-0.4, -0.2) is 23.5 Å². The van der Waals surface area contributed by atoms with E-state index >= 15 is 0 Å². The maximum atomic E-state index is 11.3. The lowest BCUT2D eigenvalue weighted by atomic mass is 9.92. The topological polar surface area (TPSA) is 85.2 Å². The van der Waals surface area contributed by atoms with Crippen LogP contribution in [0.2, 0.25) is 0 Å². The van der Waals surface area contributed by atoms with Crippen molar-refractivity contribution in [3.63, 3.8) is 0 Å². The largest absolute Gasteiger partial charge is 0.384 e. The number of carbonyl (C=O) groups excluding carboxylic acids is 1.